The van der Waals surface area contributed by atoms with Gasteiger partial charge >= 0.3 is 0 Å². The minimum absolute atomic E-state index is 0.174. The van der Waals surface area contributed by atoms with Crippen molar-refractivity contribution in [1.82, 2.24) is 4.90 Å². The van der Waals surface area contributed by atoms with Gasteiger partial charge in [0.05, 0.1) is 0 Å². The quantitative estimate of drug-likeness (QED) is 0.621. The summed E-state index contributed by atoms with van der Waals surface area (Å²) in [6.45, 7) is 14.1. The number of hydrogen-bond acceptors (Lipinski definition) is 1. The zero-order valence-corrected chi connectivity index (χ0v) is 8.85. The highest BCUT2D eigenvalue weighted by Crippen LogP contribution is 2.18. The van der Waals surface area contributed by atoms with Gasteiger partial charge in [0, 0.05) is 18.0 Å². The molecular formula is C10H20NO. The minimum Gasteiger partial charge on any atom is -0.340 e. The van der Waals surface area contributed by atoms with E-state index in [-0.39, 0.29) is 17.4 Å². The smallest absolute Gasteiger partial charge is 0.228 e. The van der Waals surface area contributed by atoms with Crippen LogP contribution in [0.25, 0.3) is 0 Å². The highest BCUT2D eigenvalue weighted by atomic mass is 16.2. The largest absolute Gasteiger partial charge is 0.340 e. The van der Waals surface area contributed by atoms with Crippen molar-refractivity contribution in [3.8, 4) is 0 Å². The summed E-state index contributed by atoms with van der Waals surface area (Å²) in [5.41, 5.74) is -0.290. The average Bonchev–Trinajstić information content (AvgIpc) is 1.86. The topological polar surface area (TPSA) is 20.3 Å². The van der Waals surface area contributed by atoms with Crippen molar-refractivity contribution in [2.75, 3.05) is 6.54 Å². The molecule has 0 aromatic heterocycles. The minimum atomic E-state index is -0.290. The Bertz CT molecular complexity index is 156. The van der Waals surface area contributed by atoms with Gasteiger partial charge < -0.3 is 4.90 Å². The lowest BCUT2D eigenvalue weighted by atomic mass is 9.94. The number of rotatable bonds is 2. The molecule has 0 heterocycles. The van der Waals surface area contributed by atoms with Gasteiger partial charge in [-0.05, 0) is 20.8 Å². The van der Waals surface area contributed by atoms with Crippen LogP contribution in [0.5, 0.6) is 0 Å². The maximum Gasteiger partial charge on any atom is 0.228 e. The van der Waals surface area contributed by atoms with Crippen LogP contribution < -0.4 is 0 Å². The van der Waals surface area contributed by atoms with Crippen LogP contribution in [0.4, 0.5) is 0 Å². The van der Waals surface area contributed by atoms with Crippen molar-refractivity contribution in [2.24, 2.45) is 5.41 Å². The normalized spacial score (nSPS) is 11.9. The van der Waals surface area contributed by atoms with Crippen LogP contribution >= 0.6 is 0 Å². The van der Waals surface area contributed by atoms with Crippen LogP contribution in [0.2, 0.25) is 0 Å². The summed E-state index contributed by atoms with van der Waals surface area (Å²) in [6, 6.07) is 0.245. The Morgan fingerprint density at radius 3 is 1.92 bits per heavy atom. The van der Waals surface area contributed by atoms with Crippen LogP contribution in [0, 0.1) is 12.3 Å². The van der Waals surface area contributed by atoms with Crippen molar-refractivity contribution in [1.29, 1.82) is 0 Å². The lowest BCUT2D eigenvalue weighted by Crippen LogP contribution is -2.43. The van der Waals surface area contributed by atoms with Crippen molar-refractivity contribution < 1.29 is 4.79 Å². The summed E-state index contributed by atoms with van der Waals surface area (Å²) in [5, 5.41) is 0. The first-order valence-electron chi connectivity index (χ1n) is 4.41. The van der Waals surface area contributed by atoms with E-state index in [1.807, 2.05) is 34.6 Å². The summed E-state index contributed by atoms with van der Waals surface area (Å²) < 4.78 is 0. The van der Waals surface area contributed by atoms with Gasteiger partial charge in [0.1, 0.15) is 0 Å². The number of amides is 1. The molecule has 0 atom stereocenters. The molecule has 0 spiro atoms. The van der Waals surface area contributed by atoms with Crippen LogP contribution in [0.1, 0.15) is 34.6 Å². The fourth-order valence-electron chi connectivity index (χ4n) is 1.03. The number of nitrogens with zero attached hydrogens (tertiary/aromatic N) is 1. The third-order valence-electron chi connectivity index (χ3n) is 1.77. The van der Waals surface area contributed by atoms with Gasteiger partial charge in [-0.3, -0.25) is 4.79 Å². The molecule has 1 radical (unpaired) electrons. The van der Waals surface area contributed by atoms with Gasteiger partial charge in [-0.15, -0.1) is 0 Å². The Morgan fingerprint density at radius 1 is 1.42 bits per heavy atom. The number of carbonyl (C=O) groups is 1. The summed E-state index contributed by atoms with van der Waals surface area (Å²) in [6.07, 6.45) is 0. The van der Waals surface area contributed by atoms with Crippen molar-refractivity contribution in [3.63, 3.8) is 0 Å². The molecule has 0 unspecified atom stereocenters. The molecule has 2 heteroatoms. The highest BCUT2D eigenvalue weighted by molar-refractivity contribution is 5.81. The van der Waals surface area contributed by atoms with Crippen molar-refractivity contribution in [3.05, 3.63) is 6.92 Å². The Labute approximate surface area is 75.9 Å². The Kier molecular flexibility index (Phi) is 3.75. The predicted octanol–water partition coefficient (Wildman–Crippen LogP) is 2.10. The molecule has 12 heavy (non-hydrogen) atoms. The molecule has 0 aliphatic carbocycles. The third kappa shape index (κ3) is 2.84. The SMILES string of the molecule is [CH2]CN(C(=O)C(C)(C)C)C(C)C. The van der Waals surface area contributed by atoms with Gasteiger partial charge in [-0.25, -0.2) is 0 Å². The fourth-order valence-corrected chi connectivity index (χ4v) is 1.03. The molecule has 0 aliphatic rings. The van der Waals surface area contributed by atoms with Crippen LogP contribution in [-0.4, -0.2) is 23.4 Å². The molecule has 0 rings (SSSR count). The van der Waals surface area contributed by atoms with Gasteiger partial charge in [0.2, 0.25) is 5.91 Å². The van der Waals surface area contributed by atoms with Crippen LogP contribution in [0.15, 0.2) is 0 Å². The molecule has 0 aromatic rings. The highest BCUT2D eigenvalue weighted by Gasteiger charge is 2.27. The molecular weight excluding hydrogens is 150 g/mol. The van der Waals surface area contributed by atoms with E-state index in [9.17, 15) is 4.79 Å². The van der Waals surface area contributed by atoms with E-state index in [0.717, 1.165) is 0 Å². The summed E-state index contributed by atoms with van der Waals surface area (Å²) in [7, 11) is 0. The Hall–Kier alpha value is -0.530. The zero-order chi connectivity index (χ0) is 9.94. The second kappa shape index (κ2) is 3.92. The van der Waals surface area contributed by atoms with E-state index < -0.39 is 0 Å². The third-order valence-corrected chi connectivity index (χ3v) is 1.77. The molecule has 0 bridgehead atoms. The molecule has 0 fully saturated rings. The van der Waals surface area contributed by atoms with E-state index in [2.05, 4.69) is 6.92 Å². The molecule has 0 N–H and O–H groups in total. The summed E-state index contributed by atoms with van der Waals surface area (Å²) in [4.78, 5) is 13.5. The lowest BCUT2D eigenvalue weighted by Gasteiger charge is -2.31. The van der Waals surface area contributed by atoms with Crippen molar-refractivity contribution >= 4 is 5.91 Å². The molecule has 71 valence electrons. The lowest BCUT2D eigenvalue weighted by molar-refractivity contribution is -0.140. The second-order valence-corrected chi connectivity index (χ2v) is 4.34. The second-order valence-electron chi connectivity index (χ2n) is 4.34. The maximum atomic E-state index is 11.7. The first-order chi connectivity index (χ1) is 5.30. The molecule has 0 saturated heterocycles. The van der Waals surface area contributed by atoms with E-state index in [1.54, 1.807) is 4.90 Å². The van der Waals surface area contributed by atoms with Gasteiger partial charge in [-0.1, -0.05) is 20.8 Å². The zero-order valence-electron chi connectivity index (χ0n) is 8.85. The first kappa shape index (κ1) is 11.5. The van der Waals surface area contributed by atoms with E-state index in [4.69, 9.17) is 0 Å². The fraction of sp³-hybridized carbons (Fsp3) is 0.800. The molecule has 0 aliphatic heterocycles. The van der Waals surface area contributed by atoms with Crippen molar-refractivity contribution in [2.45, 2.75) is 40.7 Å². The van der Waals surface area contributed by atoms with Gasteiger partial charge in [0.15, 0.2) is 0 Å². The van der Waals surface area contributed by atoms with E-state index >= 15 is 0 Å². The number of carbonyl (C=O) groups excluding carboxylic acids is 1. The molecule has 1 amide bonds. The van der Waals surface area contributed by atoms with Crippen LogP contribution in [0.3, 0.4) is 0 Å². The Balaban J connectivity index is 4.44. The summed E-state index contributed by atoms with van der Waals surface area (Å²) in [5.74, 6) is 0.174. The molecule has 2 nitrogen and oxygen atoms in total. The van der Waals surface area contributed by atoms with E-state index in [0.29, 0.717) is 6.54 Å². The average molecular weight is 170 g/mol. The molecule has 0 aromatic carbocycles. The first-order valence-corrected chi connectivity index (χ1v) is 4.41. The molecule has 0 saturated carbocycles. The summed E-state index contributed by atoms with van der Waals surface area (Å²) >= 11 is 0. The van der Waals surface area contributed by atoms with Crippen LogP contribution in [-0.2, 0) is 4.79 Å². The number of hydrogen-bond donors (Lipinski definition) is 0. The maximum absolute atomic E-state index is 11.7. The predicted molar refractivity (Wildman–Crippen MR) is 51.7 cm³/mol. The monoisotopic (exact) mass is 170 g/mol. The van der Waals surface area contributed by atoms with Gasteiger partial charge in [0.25, 0.3) is 0 Å². The Morgan fingerprint density at radius 2 is 1.83 bits per heavy atom. The van der Waals surface area contributed by atoms with Gasteiger partial charge in [-0.2, -0.15) is 0 Å². The standard InChI is InChI=1S/C10H20NO/c1-7-11(8(2)3)9(12)10(4,5)6/h8H,1,7H2,2-6H3. The van der Waals surface area contributed by atoms with E-state index in [1.165, 1.54) is 0 Å².